The summed E-state index contributed by atoms with van der Waals surface area (Å²) in [6.45, 7) is 17.0. The maximum absolute atomic E-state index is 12.0. The van der Waals surface area contributed by atoms with E-state index in [0.29, 0.717) is 18.3 Å². The van der Waals surface area contributed by atoms with Crippen molar-refractivity contribution in [1.29, 1.82) is 5.26 Å². The fourth-order valence-electron chi connectivity index (χ4n) is 11.7. The van der Waals surface area contributed by atoms with Gasteiger partial charge in [0.25, 0.3) is 0 Å². The van der Waals surface area contributed by atoms with E-state index in [-0.39, 0.29) is 58.6 Å². The number of aliphatic hydroxyl groups excluding tert-OH is 1. The lowest BCUT2D eigenvalue weighted by molar-refractivity contribution is -0.227. The van der Waals surface area contributed by atoms with Gasteiger partial charge in [-0.25, -0.2) is 4.79 Å². The zero-order chi connectivity index (χ0) is 30.0. The third-order valence-corrected chi connectivity index (χ3v) is 13.8. The molecule has 0 aromatic heterocycles. The van der Waals surface area contributed by atoms with E-state index in [9.17, 15) is 20.0 Å². The molecule has 5 saturated carbocycles. The van der Waals surface area contributed by atoms with Gasteiger partial charge in [0, 0.05) is 19.3 Å². The molecule has 0 unspecified atom stereocenters. The first-order valence-corrected chi connectivity index (χ1v) is 15.8. The minimum Gasteiger partial charge on any atom is -0.465 e. The van der Waals surface area contributed by atoms with Crippen molar-refractivity contribution in [3.8, 4) is 6.07 Å². The summed E-state index contributed by atoms with van der Waals surface area (Å²) in [7, 11) is 0. The number of hydrogen-bond donors (Lipinski definition) is 1. The molecule has 10 atom stereocenters. The molecule has 7 heteroatoms. The van der Waals surface area contributed by atoms with E-state index in [1.807, 2.05) is 0 Å². The smallest absolute Gasteiger partial charge is 0.331 e. The number of ether oxygens (including phenoxy) is 1. The lowest BCUT2D eigenvalue weighted by atomic mass is 9.32. The summed E-state index contributed by atoms with van der Waals surface area (Å²) in [5.74, 6) is 0.893. The van der Waals surface area contributed by atoms with Crippen LogP contribution in [-0.2, 0) is 19.2 Å². The predicted octanol–water partition coefficient (Wildman–Crippen LogP) is 6.60. The molecule has 5 fully saturated rings. The number of rotatable bonds is 5. The molecule has 0 heterocycles. The highest BCUT2D eigenvalue weighted by Gasteiger charge is 2.71. The van der Waals surface area contributed by atoms with Crippen molar-refractivity contribution in [3.05, 3.63) is 12.2 Å². The Labute approximate surface area is 246 Å². The first-order chi connectivity index (χ1) is 19.2. The lowest BCUT2D eigenvalue weighted by Gasteiger charge is -2.72. The quantitative estimate of drug-likeness (QED) is 0.174. The van der Waals surface area contributed by atoms with Crippen molar-refractivity contribution >= 4 is 17.7 Å². The largest absolute Gasteiger partial charge is 0.465 e. The molecular formula is C34H50N2O5. The molecule has 7 nitrogen and oxygen atoms in total. The summed E-state index contributed by atoms with van der Waals surface area (Å²) in [4.78, 5) is 28.8. The number of oxime groups is 1. The van der Waals surface area contributed by atoms with Crippen LogP contribution < -0.4 is 0 Å². The summed E-state index contributed by atoms with van der Waals surface area (Å²) in [5, 5.41) is 24.9. The van der Waals surface area contributed by atoms with Gasteiger partial charge in [0.1, 0.15) is 6.61 Å². The van der Waals surface area contributed by atoms with Crippen LogP contribution >= 0.6 is 0 Å². The van der Waals surface area contributed by atoms with Crippen LogP contribution in [-0.4, -0.2) is 36.0 Å². The molecule has 0 aromatic rings. The summed E-state index contributed by atoms with van der Waals surface area (Å²) >= 11 is 0. The molecule has 5 rings (SSSR count). The maximum Gasteiger partial charge on any atom is 0.331 e. The summed E-state index contributed by atoms with van der Waals surface area (Å²) in [5.41, 5.74) is 1.13. The van der Waals surface area contributed by atoms with Crippen LogP contribution in [0.25, 0.3) is 0 Å². The number of nitriles is 1. The van der Waals surface area contributed by atoms with Crippen molar-refractivity contribution in [3.63, 3.8) is 0 Å². The van der Waals surface area contributed by atoms with E-state index in [1.165, 1.54) is 13.8 Å². The van der Waals surface area contributed by atoms with E-state index in [0.717, 1.165) is 69.1 Å². The van der Waals surface area contributed by atoms with Gasteiger partial charge in [-0.05, 0) is 116 Å². The number of aliphatic hydroxyl groups is 1. The Morgan fingerprint density at radius 1 is 0.976 bits per heavy atom. The molecule has 5 aliphatic carbocycles. The Hall–Kier alpha value is -2.20. The molecule has 1 N–H and O–H groups in total. The van der Waals surface area contributed by atoms with E-state index in [2.05, 4.69) is 45.5 Å². The highest BCUT2D eigenvalue weighted by molar-refractivity contribution is 5.91. The standard InChI is InChI=1S/C34H50N2O5/c1-21(18-37)24-10-15-34(19-35)17-16-32(6)25(29(24)34)8-9-27-30(4)13-12-28(36-41-23(3)39)31(5,20-40-22(2)38)26(30)11-14-33(27,32)7/h24-27,29,37H,1,8-18,20H2,2-7H3/b36-28-/t24-,25+,26+,27+,29+,30-,31-,32+,33+,34+/m0/s1. The number of carbonyl (C=O) groups excluding carboxylic acids is 2. The maximum atomic E-state index is 12.0. The first-order valence-electron chi connectivity index (χ1n) is 15.8. The van der Waals surface area contributed by atoms with Crippen LogP contribution in [0.3, 0.4) is 0 Å². The summed E-state index contributed by atoms with van der Waals surface area (Å²) < 4.78 is 5.68. The molecule has 0 aromatic carbocycles. The number of carbonyl (C=O) groups is 2. The van der Waals surface area contributed by atoms with Crippen LogP contribution in [0.1, 0.15) is 106 Å². The van der Waals surface area contributed by atoms with E-state index in [1.54, 1.807) is 0 Å². The number of esters is 1. The second-order valence-corrected chi connectivity index (χ2v) is 15.2. The Bertz CT molecular complexity index is 1190. The van der Waals surface area contributed by atoms with Crippen molar-refractivity contribution < 1.29 is 24.3 Å². The SMILES string of the molecule is C=C(CO)[C@@H]1CC[C@]2(C#N)CC[C@]3(C)[C@H](CC[C@@H]4[C@@]5(C)CC/C(=N/OC(C)=O)[C@@](C)(COC(C)=O)[C@@H]5CC[C@]43C)[C@@H]12. The Balaban J connectivity index is 1.53. The van der Waals surface area contributed by atoms with Gasteiger partial charge in [-0.2, -0.15) is 5.26 Å². The zero-order valence-corrected chi connectivity index (χ0v) is 26.1. The van der Waals surface area contributed by atoms with Crippen LogP contribution in [0, 0.1) is 68.0 Å². The van der Waals surface area contributed by atoms with Gasteiger partial charge in [0.2, 0.25) is 0 Å². The van der Waals surface area contributed by atoms with Gasteiger partial charge in [-0.1, -0.05) is 39.4 Å². The van der Waals surface area contributed by atoms with Crippen LogP contribution in [0.15, 0.2) is 17.3 Å². The molecule has 0 saturated heterocycles. The van der Waals surface area contributed by atoms with E-state index >= 15 is 0 Å². The molecule has 5 aliphatic rings. The highest BCUT2D eigenvalue weighted by Crippen LogP contribution is 2.77. The molecule has 0 amide bonds. The Morgan fingerprint density at radius 2 is 1.71 bits per heavy atom. The van der Waals surface area contributed by atoms with Gasteiger partial charge in [0.05, 0.1) is 23.8 Å². The number of nitrogens with zero attached hydrogens (tertiary/aromatic N) is 2. The van der Waals surface area contributed by atoms with E-state index in [4.69, 9.17) is 9.57 Å². The third-order valence-electron chi connectivity index (χ3n) is 13.8. The minimum absolute atomic E-state index is 0.00387. The molecule has 226 valence electrons. The topological polar surface area (TPSA) is 109 Å². The van der Waals surface area contributed by atoms with Crippen molar-refractivity contribution in [2.45, 2.75) is 106 Å². The molecule has 0 aliphatic heterocycles. The normalized spacial score (nSPS) is 47.7. The average molecular weight is 567 g/mol. The highest BCUT2D eigenvalue weighted by atomic mass is 16.7. The summed E-state index contributed by atoms with van der Waals surface area (Å²) in [6, 6.07) is 2.82. The van der Waals surface area contributed by atoms with E-state index < -0.39 is 11.4 Å². The lowest BCUT2D eigenvalue weighted by Crippen LogP contribution is -2.67. The van der Waals surface area contributed by atoms with Crippen molar-refractivity contribution in [2.75, 3.05) is 13.2 Å². The van der Waals surface area contributed by atoms with Crippen molar-refractivity contribution in [1.82, 2.24) is 0 Å². The Morgan fingerprint density at radius 3 is 2.34 bits per heavy atom. The second-order valence-electron chi connectivity index (χ2n) is 15.2. The fourth-order valence-corrected chi connectivity index (χ4v) is 11.7. The van der Waals surface area contributed by atoms with Gasteiger partial charge in [-0.15, -0.1) is 0 Å². The number of fused-ring (bicyclic) bond motifs is 7. The second kappa shape index (κ2) is 10.2. The molecule has 0 bridgehead atoms. The predicted molar refractivity (Wildman–Crippen MR) is 156 cm³/mol. The van der Waals surface area contributed by atoms with Gasteiger partial charge >= 0.3 is 11.9 Å². The van der Waals surface area contributed by atoms with Gasteiger partial charge < -0.3 is 14.7 Å². The number of hydrogen-bond acceptors (Lipinski definition) is 7. The molecule has 41 heavy (non-hydrogen) atoms. The summed E-state index contributed by atoms with van der Waals surface area (Å²) in [6.07, 6.45) is 9.82. The first kappa shape index (κ1) is 30.3. The zero-order valence-electron chi connectivity index (χ0n) is 26.1. The third kappa shape index (κ3) is 4.25. The van der Waals surface area contributed by atoms with Crippen LogP contribution in [0.2, 0.25) is 0 Å². The average Bonchev–Trinajstić information content (AvgIpc) is 3.31. The van der Waals surface area contributed by atoms with Crippen LogP contribution in [0.4, 0.5) is 0 Å². The molecular weight excluding hydrogens is 516 g/mol. The molecule has 0 spiro atoms. The Kier molecular flexibility index (Phi) is 7.54. The minimum atomic E-state index is -0.509. The van der Waals surface area contributed by atoms with Crippen molar-refractivity contribution in [2.24, 2.45) is 61.8 Å². The van der Waals surface area contributed by atoms with Gasteiger partial charge in [0.15, 0.2) is 0 Å². The molecule has 0 radical (unpaired) electrons. The monoisotopic (exact) mass is 566 g/mol. The van der Waals surface area contributed by atoms with Gasteiger partial charge in [-0.3, -0.25) is 4.79 Å². The fraction of sp³-hybridized carbons (Fsp3) is 0.824. The van der Waals surface area contributed by atoms with Crippen LogP contribution in [0.5, 0.6) is 0 Å².